The summed E-state index contributed by atoms with van der Waals surface area (Å²) in [7, 11) is 5.31. The number of benzene rings is 1. The second-order valence-electron chi connectivity index (χ2n) is 12.0. The van der Waals surface area contributed by atoms with Crippen molar-refractivity contribution in [2.24, 2.45) is 4.99 Å². The molecule has 0 saturated carbocycles. The van der Waals surface area contributed by atoms with Crippen molar-refractivity contribution < 1.29 is 28.7 Å². The smallest absolute Gasteiger partial charge is 0.414 e. The Kier molecular flexibility index (Phi) is 14.9. The number of amides is 4. The molecular weight excluding hydrogens is 554 g/mol. The zero-order chi connectivity index (χ0) is 32.8. The van der Waals surface area contributed by atoms with Crippen LogP contribution in [0.25, 0.3) is 0 Å². The molecule has 242 valence electrons. The van der Waals surface area contributed by atoms with E-state index >= 15 is 0 Å². The normalized spacial score (nSPS) is 11.2. The Hall–Kier alpha value is -3.87. The fraction of sp³-hybridized carbons (Fsp3) is 0.633. The van der Waals surface area contributed by atoms with Gasteiger partial charge in [-0.15, -0.1) is 0 Å². The van der Waals surface area contributed by atoms with Gasteiger partial charge in [-0.1, -0.05) is 6.92 Å². The van der Waals surface area contributed by atoms with Gasteiger partial charge < -0.3 is 29.9 Å². The maximum atomic E-state index is 13.3. The predicted octanol–water partition coefficient (Wildman–Crippen LogP) is 3.55. The Bertz CT molecular complexity index is 1090. The quantitative estimate of drug-likeness (QED) is 0.160. The number of rotatable bonds is 12. The number of alkyl carbamates (subject to hydrolysis) is 2. The first-order chi connectivity index (χ1) is 20.0. The van der Waals surface area contributed by atoms with Gasteiger partial charge in [0.15, 0.2) is 0 Å². The molecule has 1 aromatic carbocycles. The van der Waals surface area contributed by atoms with Crippen molar-refractivity contribution in [3.63, 3.8) is 0 Å². The molecule has 13 nitrogen and oxygen atoms in total. The minimum absolute atomic E-state index is 0.0423. The van der Waals surface area contributed by atoms with E-state index in [4.69, 9.17) is 9.47 Å². The average Bonchev–Trinajstić information content (AvgIpc) is 2.89. The molecule has 0 aliphatic rings. The van der Waals surface area contributed by atoms with Crippen molar-refractivity contribution >= 4 is 35.6 Å². The molecule has 4 amide bonds. The zero-order valence-corrected chi connectivity index (χ0v) is 27.5. The van der Waals surface area contributed by atoms with Crippen LogP contribution in [0, 0.1) is 0 Å². The third-order valence-corrected chi connectivity index (χ3v) is 5.78. The lowest BCUT2D eigenvalue weighted by molar-refractivity contribution is -0.131. The average molecular weight is 606 g/mol. The van der Waals surface area contributed by atoms with Crippen LogP contribution < -0.4 is 21.3 Å². The first-order valence-corrected chi connectivity index (χ1v) is 14.5. The van der Waals surface area contributed by atoms with Crippen LogP contribution in [0.1, 0.15) is 77.2 Å². The molecule has 0 fully saturated rings. The van der Waals surface area contributed by atoms with Gasteiger partial charge in [-0.25, -0.2) is 9.59 Å². The van der Waals surface area contributed by atoms with Gasteiger partial charge >= 0.3 is 12.2 Å². The van der Waals surface area contributed by atoms with Crippen molar-refractivity contribution in [2.45, 2.75) is 79.1 Å². The number of ether oxygens (including phenoxy) is 2. The van der Waals surface area contributed by atoms with E-state index in [0.717, 1.165) is 24.2 Å². The van der Waals surface area contributed by atoms with Crippen LogP contribution in [0.5, 0.6) is 0 Å². The fourth-order valence-electron chi connectivity index (χ4n) is 3.81. The summed E-state index contributed by atoms with van der Waals surface area (Å²) in [4.78, 5) is 58.1. The summed E-state index contributed by atoms with van der Waals surface area (Å²) in [5, 5.41) is 11.1. The SMILES string of the molecule is CCC(=O)N(CCCNC)Cc1cc(C(=O)N(C)CCN=C(NC(=O)OC(C)(C)C)NC(=O)OC(C)(C)C)ccc1NC. The summed E-state index contributed by atoms with van der Waals surface area (Å²) in [5.41, 5.74) is 0.596. The molecule has 13 heteroatoms. The molecule has 0 aliphatic carbocycles. The maximum Gasteiger partial charge on any atom is 0.414 e. The van der Waals surface area contributed by atoms with E-state index in [1.54, 1.807) is 72.7 Å². The molecule has 0 bridgehead atoms. The van der Waals surface area contributed by atoms with Crippen molar-refractivity contribution in [3.8, 4) is 0 Å². The van der Waals surface area contributed by atoms with Crippen molar-refractivity contribution in [1.82, 2.24) is 25.8 Å². The molecule has 0 aromatic heterocycles. The highest BCUT2D eigenvalue weighted by Gasteiger charge is 2.22. The number of carbonyl (C=O) groups is 4. The van der Waals surface area contributed by atoms with Gasteiger partial charge in [-0.2, -0.15) is 0 Å². The molecule has 0 unspecified atom stereocenters. The van der Waals surface area contributed by atoms with Gasteiger partial charge in [-0.3, -0.25) is 25.2 Å². The van der Waals surface area contributed by atoms with Crippen LogP contribution in [0.2, 0.25) is 0 Å². The third-order valence-electron chi connectivity index (χ3n) is 5.78. The Morgan fingerprint density at radius 2 is 1.49 bits per heavy atom. The van der Waals surface area contributed by atoms with Crippen LogP contribution >= 0.6 is 0 Å². The van der Waals surface area contributed by atoms with Gasteiger partial charge in [0, 0.05) is 51.4 Å². The minimum atomic E-state index is -0.801. The molecule has 1 rings (SSSR count). The van der Waals surface area contributed by atoms with E-state index in [9.17, 15) is 19.2 Å². The molecular formula is C30H51N7O6. The molecule has 43 heavy (non-hydrogen) atoms. The van der Waals surface area contributed by atoms with E-state index in [-0.39, 0.29) is 30.9 Å². The second kappa shape index (κ2) is 17.3. The summed E-state index contributed by atoms with van der Waals surface area (Å²) < 4.78 is 10.5. The van der Waals surface area contributed by atoms with Crippen molar-refractivity contribution in [2.75, 3.05) is 52.6 Å². The lowest BCUT2D eigenvalue weighted by Crippen LogP contribution is -2.47. The van der Waals surface area contributed by atoms with Crippen molar-refractivity contribution in [3.05, 3.63) is 29.3 Å². The molecule has 0 spiro atoms. The van der Waals surface area contributed by atoms with Gasteiger partial charge in [0.2, 0.25) is 11.9 Å². The predicted molar refractivity (Wildman–Crippen MR) is 168 cm³/mol. The minimum Gasteiger partial charge on any atom is -0.444 e. The number of aliphatic imine (C=N–C) groups is 1. The van der Waals surface area contributed by atoms with Gasteiger partial charge in [0.1, 0.15) is 11.2 Å². The topological polar surface area (TPSA) is 154 Å². The number of carbonyl (C=O) groups excluding carboxylic acids is 4. The van der Waals surface area contributed by atoms with E-state index in [1.165, 1.54) is 4.90 Å². The summed E-state index contributed by atoms with van der Waals surface area (Å²) in [5.74, 6) is -0.367. The summed E-state index contributed by atoms with van der Waals surface area (Å²) in [6, 6.07) is 5.34. The molecule has 1 aromatic rings. The molecule has 0 heterocycles. The number of anilines is 1. The van der Waals surface area contributed by atoms with Gasteiger partial charge in [-0.05, 0) is 85.3 Å². The number of nitrogens with zero attached hydrogens (tertiary/aromatic N) is 3. The first-order valence-electron chi connectivity index (χ1n) is 14.5. The number of hydrogen-bond acceptors (Lipinski definition) is 9. The Balaban J connectivity index is 3.06. The lowest BCUT2D eigenvalue weighted by atomic mass is 10.1. The summed E-state index contributed by atoms with van der Waals surface area (Å²) in [6.07, 6.45) is -0.396. The van der Waals surface area contributed by atoms with Gasteiger partial charge in [0.25, 0.3) is 5.91 Å². The number of nitrogens with one attached hydrogen (secondary N) is 4. The first kappa shape index (κ1) is 37.2. The Labute approximate surface area is 256 Å². The molecule has 4 N–H and O–H groups in total. The van der Waals surface area contributed by atoms with Gasteiger partial charge in [0.05, 0.1) is 6.54 Å². The van der Waals surface area contributed by atoms with Crippen LogP contribution in [-0.4, -0.2) is 98.3 Å². The van der Waals surface area contributed by atoms with Crippen molar-refractivity contribution in [1.29, 1.82) is 0 Å². The highest BCUT2D eigenvalue weighted by molar-refractivity contribution is 6.01. The Morgan fingerprint density at radius 1 is 0.907 bits per heavy atom. The summed E-state index contributed by atoms with van der Waals surface area (Å²) in [6.45, 7) is 14.1. The van der Waals surface area contributed by atoms with Crippen LogP contribution in [0.4, 0.5) is 15.3 Å². The number of hydrogen-bond donors (Lipinski definition) is 4. The van der Waals surface area contributed by atoms with E-state index < -0.39 is 23.4 Å². The largest absolute Gasteiger partial charge is 0.444 e. The lowest BCUT2D eigenvalue weighted by Gasteiger charge is -2.24. The van der Waals surface area contributed by atoms with E-state index in [2.05, 4.69) is 26.3 Å². The highest BCUT2D eigenvalue weighted by atomic mass is 16.6. The monoisotopic (exact) mass is 605 g/mol. The third kappa shape index (κ3) is 14.7. The van der Waals surface area contributed by atoms with Crippen LogP contribution in [0.15, 0.2) is 23.2 Å². The second-order valence-corrected chi connectivity index (χ2v) is 12.0. The Morgan fingerprint density at radius 3 is 1.98 bits per heavy atom. The molecule has 0 saturated heterocycles. The van der Waals surface area contributed by atoms with Crippen LogP contribution in [0.3, 0.4) is 0 Å². The van der Waals surface area contributed by atoms with E-state index in [1.807, 2.05) is 20.0 Å². The number of likely N-dealkylation sites (N-methyl/N-ethyl adjacent to an activating group) is 1. The molecule has 0 radical (unpaired) electrons. The molecule has 0 aliphatic heterocycles. The maximum absolute atomic E-state index is 13.3. The summed E-state index contributed by atoms with van der Waals surface area (Å²) >= 11 is 0. The van der Waals surface area contributed by atoms with Crippen LogP contribution in [-0.2, 0) is 20.8 Å². The molecule has 0 atom stereocenters. The van der Waals surface area contributed by atoms with E-state index in [0.29, 0.717) is 25.1 Å². The zero-order valence-electron chi connectivity index (χ0n) is 27.5. The fourth-order valence-corrected chi connectivity index (χ4v) is 3.81. The number of guanidine groups is 1. The highest BCUT2D eigenvalue weighted by Crippen LogP contribution is 2.21. The standard InChI is InChI=1S/C30H51N7O6/c1-11-24(38)37(17-12-15-31-8)20-22-19-21(13-14-23(22)32-9)25(39)36(10)18-16-33-26(34-27(40)42-29(2,3)4)35-28(41)43-30(5,6)7/h13-14,19,31-32H,11-12,15-18,20H2,1-10H3,(H2,33,34,35,40,41).